The molecule has 2 heterocycles. The summed E-state index contributed by atoms with van der Waals surface area (Å²) in [6, 6.07) is 5.15. The smallest absolute Gasteiger partial charge is 0.250 e. The third-order valence-electron chi connectivity index (χ3n) is 5.99. The average molecular weight is 451 g/mol. The van der Waals surface area contributed by atoms with Crippen LogP contribution in [-0.2, 0) is 17.6 Å². The van der Waals surface area contributed by atoms with Crippen molar-refractivity contribution in [1.82, 2.24) is 15.3 Å². The Morgan fingerprint density at radius 2 is 2.09 bits per heavy atom. The van der Waals surface area contributed by atoms with Crippen LogP contribution >= 0.6 is 0 Å². The summed E-state index contributed by atoms with van der Waals surface area (Å²) in [6.45, 7) is 5.43. The van der Waals surface area contributed by atoms with Crippen molar-refractivity contribution >= 4 is 17.9 Å². The topological polar surface area (TPSA) is 98.0 Å². The first-order valence-electron chi connectivity index (χ1n) is 11.4. The van der Waals surface area contributed by atoms with E-state index < -0.39 is 11.7 Å². The van der Waals surface area contributed by atoms with E-state index in [9.17, 15) is 14.0 Å². The Balaban J connectivity index is 1.78. The molecule has 6 nitrogen and oxygen atoms in total. The second-order valence-electron chi connectivity index (χ2n) is 8.63. The minimum atomic E-state index is -0.716. The zero-order valence-electron chi connectivity index (χ0n) is 19.0. The Labute approximate surface area is 194 Å². The highest BCUT2D eigenvalue weighted by Gasteiger charge is 2.24. The van der Waals surface area contributed by atoms with E-state index >= 15 is 0 Å². The molecule has 174 valence electrons. The molecule has 1 fully saturated rings. The number of carbonyl (C=O) groups is 2. The number of rotatable bonds is 8. The van der Waals surface area contributed by atoms with Crippen molar-refractivity contribution in [3.05, 3.63) is 77.2 Å². The summed E-state index contributed by atoms with van der Waals surface area (Å²) in [4.78, 5) is 32.4. The minimum Gasteiger partial charge on any atom is -0.366 e. The lowest BCUT2D eigenvalue weighted by molar-refractivity contribution is -0.117. The molecule has 1 aliphatic carbocycles. The maximum absolute atomic E-state index is 14.8. The van der Waals surface area contributed by atoms with E-state index in [-0.39, 0.29) is 23.4 Å². The third-order valence-corrected chi connectivity index (χ3v) is 5.99. The Bertz CT molecular complexity index is 1030. The number of amides is 2. The highest BCUT2D eigenvalue weighted by atomic mass is 19.1. The van der Waals surface area contributed by atoms with Gasteiger partial charge in [-0.05, 0) is 74.8 Å². The summed E-state index contributed by atoms with van der Waals surface area (Å²) in [5, 5.41) is 2.97. The van der Waals surface area contributed by atoms with Gasteiger partial charge >= 0.3 is 0 Å². The fraction of sp³-hybridized carbons (Fsp3) is 0.385. The van der Waals surface area contributed by atoms with Gasteiger partial charge in [-0.2, -0.15) is 0 Å². The van der Waals surface area contributed by atoms with E-state index in [1.807, 2.05) is 25.1 Å². The van der Waals surface area contributed by atoms with E-state index in [0.29, 0.717) is 24.2 Å². The van der Waals surface area contributed by atoms with Crippen LogP contribution in [-0.4, -0.2) is 27.8 Å². The third kappa shape index (κ3) is 7.07. The lowest BCUT2D eigenvalue weighted by Gasteiger charge is -2.21. The van der Waals surface area contributed by atoms with Gasteiger partial charge in [0.25, 0.3) is 5.91 Å². The number of nitrogens with one attached hydrogen (secondary N) is 1. The summed E-state index contributed by atoms with van der Waals surface area (Å²) in [7, 11) is 0. The molecule has 1 aliphatic rings. The summed E-state index contributed by atoms with van der Waals surface area (Å²) in [5.41, 5.74) is 8.18. The number of allylic oxidation sites excluding steroid dienone is 1. The molecule has 0 aromatic carbocycles. The van der Waals surface area contributed by atoms with Crippen LogP contribution in [0.4, 0.5) is 4.39 Å². The Kier molecular flexibility index (Phi) is 8.46. The van der Waals surface area contributed by atoms with Gasteiger partial charge in [0.1, 0.15) is 5.82 Å². The van der Waals surface area contributed by atoms with Crippen molar-refractivity contribution in [2.75, 3.05) is 0 Å². The van der Waals surface area contributed by atoms with Crippen molar-refractivity contribution in [3.63, 3.8) is 0 Å². The van der Waals surface area contributed by atoms with Crippen LogP contribution in [0.3, 0.4) is 0 Å². The fourth-order valence-corrected chi connectivity index (χ4v) is 4.25. The Hall–Kier alpha value is -3.35. The molecule has 0 saturated heterocycles. The standard InChI is InChI=1S/C26H31FN4O2/c1-3-25(32)30-20-9-5-4-7-19(13-20)14-24-22(27)15-21(26(28)33)23(31-24)10-6-8-18-12-11-17(2)29-16-18/h3,6,10-12,15-16,19-20H,1,4-5,7-9,13-14H2,2H3,(H2,28,33)(H,30,32). The van der Waals surface area contributed by atoms with Crippen LogP contribution in [0.1, 0.15) is 65.1 Å². The lowest BCUT2D eigenvalue weighted by atomic mass is 9.92. The molecule has 2 aromatic rings. The summed E-state index contributed by atoms with van der Waals surface area (Å²) in [6.07, 6.45) is 12.3. The van der Waals surface area contributed by atoms with Crippen LogP contribution in [0.25, 0.3) is 6.08 Å². The van der Waals surface area contributed by atoms with Gasteiger partial charge in [-0.15, -0.1) is 0 Å². The number of hydrogen-bond donors (Lipinski definition) is 2. The van der Waals surface area contributed by atoms with E-state index in [0.717, 1.165) is 43.4 Å². The zero-order valence-corrected chi connectivity index (χ0v) is 19.0. The van der Waals surface area contributed by atoms with Gasteiger partial charge in [-0.25, -0.2) is 9.37 Å². The number of halogens is 1. The zero-order chi connectivity index (χ0) is 23.8. The van der Waals surface area contributed by atoms with Crippen LogP contribution in [0, 0.1) is 18.7 Å². The first kappa shape index (κ1) is 24.3. The molecule has 0 spiro atoms. The molecule has 0 bridgehead atoms. The highest BCUT2D eigenvalue weighted by Crippen LogP contribution is 2.27. The molecule has 2 unspecified atom stereocenters. The largest absolute Gasteiger partial charge is 0.366 e. The molecule has 0 radical (unpaired) electrons. The number of nitrogens with zero attached hydrogens (tertiary/aromatic N) is 2. The van der Waals surface area contributed by atoms with E-state index in [2.05, 4.69) is 21.9 Å². The maximum atomic E-state index is 14.8. The number of hydrogen-bond acceptors (Lipinski definition) is 4. The van der Waals surface area contributed by atoms with Gasteiger partial charge in [0, 0.05) is 17.9 Å². The van der Waals surface area contributed by atoms with E-state index in [4.69, 9.17) is 5.73 Å². The molecule has 2 amide bonds. The van der Waals surface area contributed by atoms with Crippen molar-refractivity contribution in [3.8, 4) is 0 Å². The first-order chi connectivity index (χ1) is 15.9. The van der Waals surface area contributed by atoms with Crippen molar-refractivity contribution in [2.45, 2.75) is 57.9 Å². The number of aromatic nitrogens is 2. The molecule has 3 N–H and O–H groups in total. The summed E-state index contributed by atoms with van der Waals surface area (Å²) in [5.74, 6) is -1.25. The van der Waals surface area contributed by atoms with Crippen LogP contribution in [0.5, 0.6) is 0 Å². The molecule has 33 heavy (non-hydrogen) atoms. The van der Waals surface area contributed by atoms with E-state index in [1.54, 1.807) is 12.3 Å². The lowest BCUT2D eigenvalue weighted by Crippen LogP contribution is -2.34. The predicted molar refractivity (Wildman–Crippen MR) is 127 cm³/mol. The molecular weight excluding hydrogens is 419 g/mol. The Morgan fingerprint density at radius 3 is 2.79 bits per heavy atom. The number of pyridine rings is 2. The predicted octanol–water partition coefficient (Wildman–Crippen LogP) is 4.07. The van der Waals surface area contributed by atoms with Crippen LogP contribution in [0.2, 0.25) is 0 Å². The number of carbonyl (C=O) groups excluding carboxylic acids is 2. The highest BCUT2D eigenvalue weighted by molar-refractivity contribution is 5.96. The SMILES string of the molecule is C=CC(=O)NC1CCCCC(Cc2nc(C=CCc3ccc(C)nc3)c(C(N)=O)cc2F)C1. The van der Waals surface area contributed by atoms with Crippen molar-refractivity contribution in [2.24, 2.45) is 11.7 Å². The molecule has 2 aromatic heterocycles. The molecule has 1 saturated carbocycles. The second-order valence-corrected chi connectivity index (χ2v) is 8.63. The van der Waals surface area contributed by atoms with Gasteiger partial charge in [-0.1, -0.05) is 31.6 Å². The average Bonchev–Trinajstić information content (AvgIpc) is 3.01. The molecular formula is C26H31FN4O2. The second kappa shape index (κ2) is 11.5. The van der Waals surface area contributed by atoms with Crippen LogP contribution < -0.4 is 11.1 Å². The number of primary amides is 1. The molecule has 2 atom stereocenters. The molecule has 3 rings (SSSR count). The summed E-state index contributed by atoms with van der Waals surface area (Å²) >= 11 is 0. The maximum Gasteiger partial charge on any atom is 0.250 e. The quantitative estimate of drug-likeness (QED) is 0.468. The van der Waals surface area contributed by atoms with Crippen molar-refractivity contribution in [1.29, 1.82) is 0 Å². The Morgan fingerprint density at radius 1 is 1.30 bits per heavy atom. The minimum absolute atomic E-state index is 0.0402. The van der Waals surface area contributed by atoms with Gasteiger partial charge in [0.15, 0.2) is 0 Å². The van der Waals surface area contributed by atoms with Crippen LogP contribution in [0.15, 0.2) is 43.1 Å². The number of aryl methyl sites for hydroxylation is 1. The first-order valence-corrected chi connectivity index (χ1v) is 11.4. The normalized spacial score (nSPS) is 18.6. The van der Waals surface area contributed by atoms with Gasteiger partial charge in [0.05, 0.1) is 17.0 Å². The van der Waals surface area contributed by atoms with Crippen molar-refractivity contribution < 1.29 is 14.0 Å². The molecule has 0 aliphatic heterocycles. The van der Waals surface area contributed by atoms with Gasteiger partial charge < -0.3 is 11.1 Å². The molecule has 7 heteroatoms. The monoisotopic (exact) mass is 450 g/mol. The number of nitrogens with two attached hydrogens (primary N) is 1. The van der Waals surface area contributed by atoms with E-state index in [1.165, 1.54) is 12.1 Å². The fourth-order valence-electron chi connectivity index (χ4n) is 4.25. The van der Waals surface area contributed by atoms with Gasteiger partial charge in [-0.3, -0.25) is 14.6 Å². The summed E-state index contributed by atoms with van der Waals surface area (Å²) < 4.78 is 14.8. The van der Waals surface area contributed by atoms with Gasteiger partial charge in [0.2, 0.25) is 5.91 Å².